The maximum absolute atomic E-state index is 6.09. The van der Waals surface area contributed by atoms with Crippen molar-refractivity contribution in [2.24, 2.45) is 5.92 Å². The lowest BCUT2D eigenvalue weighted by Gasteiger charge is -2.21. The fourth-order valence-corrected chi connectivity index (χ4v) is 3.25. The largest absolute Gasteiger partial charge is 0.491 e. The van der Waals surface area contributed by atoms with Crippen molar-refractivity contribution in [2.75, 3.05) is 19.7 Å². The summed E-state index contributed by atoms with van der Waals surface area (Å²) in [4.78, 5) is 0. The SMILES string of the molecule is Clc1cc(Br)ccc1OCCNCC1CCCCC1. The highest BCUT2D eigenvalue weighted by molar-refractivity contribution is 9.10. The summed E-state index contributed by atoms with van der Waals surface area (Å²) in [5, 5.41) is 4.13. The first kappa shape index (κ1) is 15.1. The third-order valence-corrected chi connectivity index (χ3v) is 4.38. The molecule has 1 aromatic carbocycles. The summed E-state index contributed by atoms with van der Waals surface area (Å²) in [5.41, 5.74) is 0. The minimum absolute atomic E-state index is 0.654. The zero-order valence-corrected chi connectivity index (χ0v) is 13.5. The summed E-state index contributed by atoms with van der Waals surface area (Å²) in [6.07, 6.45) is 6.98. The highest BCUT2D eigenvalue weighted by Gasteiger charge is 2.12. The number of nitrogens with one attached hydrogen (secondary N) is 1. The molecule has 2 nitrogen and oxygen atoms in total. The number of hydrogen-bond donors (Lipinski definition) is 1. The van der Waals surface area contributed by atoms with Gasteiger partial charge in [0.1, 0.15) is 12.4 Å². The van der Waals surface area contributed by atoms with Gasteiger partial charge in [0.15, 0.2) is 0 Å². The van der Waals surface area contributed by atoms with Crippen LogP contribution >= 0.6 is 27.5 Å². The second-order valence-electron chi connectivity index (χ2n) is 5.13. The van der Waals surface area contributed by atoms with Crippen molar-refractivity contribution >= 4 is 27.5 Å². The van der Waals surface area contributed by atoms with Crippen LogP contribution in [0.4, 0.5) is 0 Å². The molecule has 0 aromatic heterocycles. The standard InChI is InChI=1S/C15H21BrClNO/c16-13-6-7-15(14(17)10-13)19-9-8-18-11-12-4-2-1-3-5-12/h6-7,10,12,18H,1-5,8-9,11H2. The average Bonchev–Trinajstić information content (AvgIpc) is 2.42. The normalized spacial score (nSPS) is 16.5. The molecule has 0 amide bonds. The van der Waals surface area contributed by atoms with Crippen molar-refractivity contribution in [3.63, 3.8) is 0 Å². The molecule has 1 N–H and O–H groups in total. The Balaban J connectivity index is 1.61. The van der Waals surface area contributed by atoms with Crippen LogP contribution < -0.4 is 10.1 Å². The molecule has 0 saturated heterocycles. The summed E-state index contributed by atoms with van der Waals surface area (Å²) >= 11 is 9.47. The van der Waals surface area contributed by atoms with Crippen molar-refractivity contribution in [1.29, 1.82) is 0 Å². The van der Waals surface area contributed by atoms with Gasteiger partial charge in [0.2, 0.25) is 0 Å². The molecule has 1 fully saturated rings. The molecule has 0 aliphatic heterocycles. The van der Waals surface area contributed by atoms with E-state index in [-0.39, 0.29) is 0 Å². The van der Waals surface area contributed by atoms with E-state index in [2.05, 4.69) is 21.2 Å². The highest BCUT2D eigenvalue weighted by Crippen LogP contribution is 2.27. The van der Waals surface area contributed by atoms with Gasteiger partial charge >= 0.3 is 0 Å². The first-order valence-corrected chi connectivity index (χ1v) is 8.21. The lowest BCUT2D eigenvalue weighted by Crippen LogP contribution is -2.28. The van der Waals surface area contributed by atoms with Gasteiger partial charge in [-0.15, -0.1) is 0 Å². The van der Waals surface area contributed by atoms with E-state index in [0.29, 0.717) is 11.6 Å². The summed E-state index contributed by atoms with van der Waals surface area (Å²) in [5.74, 6) is 1.62. The van der Waals surface area contributed by atoms with Crippen molar-refractivity contribution in [3.8, 4) is 5.75 Å². The van der Waals surface area contributed by atoms with Crippen molar-refractivity contribution < 1.29 is 4.74 Å². The van der Waals surface area contributed by atoms with Gasteiger partial charge < -0.3 is 10.1 Å². The Bertz CT molecular complexity index is 394. The Labute approximate surface area is 129 Å². The van der Waals surface area contributed by atoms with Crippen LogP contribution in [0.3, 0.4) is 0 Å². The summed E-state index contributed by atoms with van der Waals surface area (Å²) in [6, 6.07) is 5.69. The number of hydrogen-bond acceptors (Lipinski definition) is 2. The molecule has 1 saturated carbocycles. The predicted octanol–water partition coefficient (Wildman–Crippen LogP) is 4.65. The van der Waals surface area contributed by atoms with Gasteiger partial charge in [0.05, 0.1) is 5.02 Å². The van der Waals surface area contributed by atoms with E-state index < -0.39 is 0 Å². The monoisotopic (exact) mass is 345 g/mol. The van der Waals surface area contributed by atoms with Gasteiger partial charge in [-0.2, -0.15) is 0 Å². The molecule has 106 valence electrons. The molecule has 2 rings (SSSR count). The van der Waals surface area contributed by atoms with Gasteiger partial charge in [-0.1, -0.05) is 46.8 Å². The van der Waals surface area contributed by atoms with Crippen molar-refractivity contribution in [1.82, 2.24) is 5.32 Å². The lowest BCUT2D eigenvalue weighted by molar-refractivity contribution is 0.294. The third kappa shape index (κ3) is 5.33. The second kappa shape index (κ2) is 8.13. The summed E-state index contributed by atoms with van der Waals surface area (Å²) in [6.45, 7) is 2.66. The van der Waals surface area contributed by atoms with Gasteiger partial charge in [0.25, 0.3) is 0 Å². The van der Waals surface area contributed by atoms with Crippen LogP contribution in [-0.4, -0.2) is 19.7 Å². The Morgan fingerprint density at radius 3 is 2.79 bits per heavy atom. The fourth-order valence-electron chi connectivity index (χ4n) is 2.52. The van der Waals surface area contributed by atoms with E-state index in [1.165, 1.54) is 32.1 Å². The van der Waals surface area contributed by atoms with E-state index >= 15 is 0 Å². The van der Waals surface area contributed by atoms with Gasteiger partial charge in [-0.3, -0.25) is 0 Å². The number of halogens is 2. The van der Waals surface area contributed by atoms with Crippen molar-refractivity contribution in [2.45, 2.75) is 32.1 Å². The van der Waals surface area contributed by atoms with E-state index in [0.717, 1.165) is 29.2 Å². The molecule has 1 aliphatic rings. The molecule has 1 aromatic rings. The predicted molar refractivity (Wildman–Crippen MR) is 84.1 cm³/mol. The molecule has 0 atom stereocenters. The zero-order chi connectivity index (χ0) is 13.5. The van der Waals surface area contributed by atoms with E-state index in [1.807, 2.05) is 18.2 Å². The molecule has 19 heavy (non-hydrogen) atoms. The van der Waals surface area contributed by atoms with Gasteiger partial charge in [-0.25, -0.2) is 0 Å². The molecule has 0 radical (unpaired) electrons. The average molecular weight is 347 g/mol. The quantitative estimate of drug-likeness (QED) is 0.757. The molecule has 0 bridgehead atoms. The minimum atomic E-state index is 0.654. The minimum Gasteiger partial charge on any atom is -0.491 e. The number of rotatable bonds is 6. The summed E-state index contributed by atoms with van der Waals surface area (Å²) < 4.78 is 6.64. The number of benzene rings is 1. The van der Waals surface area contributed by atoms with Crippen molar-refractivity contribution in [3.05, 3.63) is 27.7 Å². The smallest absolute Gasteiger partial charge is 0.138 e. The van der Waals surface area contributed by atoms with E-state index in [9.17, 15) is 0 Å². The zero-order valence-electron chi connectivity index (χ0n) is 11.1. The van der Waals surface area contributed by atoms with Crippen LogP contribution in [0.1, 0.15) is 32.1 Å². The van der Waals surface area contributed by atoms with Gasteiger partial charge in [-0.05, 0) is 43.5 Å². The first-order chi connectivity index (χ1) is 9.25. The van der Waals surface area contributed by atoms with Crippen LogP contribution in [0.5, 0.6) is 5.75 Å². The van der Waals surface area contributed by atoms with Gasteiger partial charge in [0, 0.05) is 11.0 Å². The Morgan fingerprint density at radius 1 is 1.26 bits per heavy atom. The molecule has 4 heteroatoms. The first-order valence-electron chi connectivity index (χ1n) is 7.04. The molecule has 0 spiro atoms. The Kier molecular flexibility index (Phi) is 6.48. The molecule has 0 heterocycles. The van der Waals surface area contributed by atoms with Crippen LogP contribution in [-0.2, 0) is 0 Å². The lowest BCUT2D eigenvalue weighted by atomic mass is 9.89. The van der Waals surface area contributed by atoms with Crippen LogP contribution in [0.15, 0.2) is 22.7 Å². The molecule has 0 unspecified atom stereocenters. The maximum Gasteiger partial charge on any atom is 0.138 e. The Morgan fingerprint density at radius 2 is 2.05 bits per heavy atom. The Hall–Kier alpha value is -0.250. The number of ether oxygens (including phenoxy) is 1. The molecular weight excluding hydrogens is 326 g/mol. The summed E-state index contributed by atoms with van der Waals surface area (Å²) in [7, 11) is 0. The van der Waals surface area contributed by atoms with Crippen LogP contribution in [0.2, 0.25) is 5.02 Å². The highest BCUT2D eigenvalue weighted by atomic mass is 79.9. The van der Waals surface area contributed by atoms with Crippen LogP contribution in [0, 0.1) is 5.92 Å². The van der Waals surface area contributed by atoms with E-state index in [4.69, 9.17) is 16.3 Å². The maximum atomic E-state index is 6.09. The topological polar surface area (TPSA) is 21.3 Å². The fraction of sp³-hybridized carbons (Fsp3) is 0.600. The third-order valence-electron chi connectivity index (χ3n) is 3.59. The second-order valence-corrected chi connectivity index (χ2v) is 6.45. The molecule has 1 aliphatic carbocycles. The van der Waals surface area contributed by atoms with Crippen LogP contribution in [0.25, 0.3) is 0 Å². The van der Waals surface area contributed by atoms with E-state index in [1.54, 1.807) is 0 Å². The molecular formula is C15H21BrClNO.